The smallest absolute Gasteiger partial charge is 0.416 e. The van der Waals surface area contributed by atoms with E-state index in [-0.39, 0.29) is 18.6 Å². The van der Waals surface area contributed by atoms with Gasteiger partial charge in [-0.1, -0.05) is 0 Å². The molecule has 6 nitrogen and oxygen atoms in total. The standard InChI is InChI=1S/C14H18F3NO5S/c1-13(2,5-4-12(19)20)18-24(21,22)11-7-9(14(15,16)17)6-10(8-11)23-3/h6-8,18H,4-5H2,1-3H3,(H,19,20). The van der Waals surface area contributed by atoms with Crippen LogP contribution in [0.5, 0.6) is 5.75 Å². The Bertz CT molecular complexity index is 714. The van der Waals surface area contributed by atoms with Crippen LogP contribution in [0, 0.1) is 0 Å². The summed E-state index contributed by atoms with van der Waals surface area (Å²) in [7, 11) is -3.18. The molecule has 136 valence electrons. The summed E-state index contributed by atoms with van der Waals surface area (Å²) in [6.45, 7) is 2.89. The van der Waals surface area contributed by atoms with E-state index in [2.05, 4.69) is 4.72 Å². The number of carboxylic acid groups (broad SMARTS) is 1. The number of ether oxygens (including phenoxy) is 1. The van der Waals surface area contributed by atoms with Crippen molar-refractivity contribution in [2.24, 2.45) is 0 Å². The molecule has 0 bridgehead atoms. The third kappa shape index (κ3) is 5.68. The van der Waals surface area contributed by atoms with Gasteiger partial charge in [-0.15, -0.1) is 0 Å². The van der Waals surface area contributed by atoms with Gasteiger partial charge in [0.1, 0.15) is 5.75 Å². The van der Waals surface area contributed by atoms with Crippen molar-refractivity contribution in [1.82, 2.24) is 4.72 Å². The third-order valence-electron chi connectivity index (χ3n) is 3.13. The molecule has 1 rings (SSSR count). The molecule has 0 radical (unpaired) electrons. The molecule has 0 heterocycles. The van der Waals surface area contributed by atoms with E-state index >= 15 is 0 Å². The summed E-state index contributed by atoms with van der Waals surface area (Å²) in [5, 5.41) is 8.67. The van der Waals surface area contributed by atoms with E-state index in [1.807, 2.05) is 0 Å². The molecule has 0 aliphatic carbocycles. The van der Waals surface area contributed by atoms with Crippen molar-refractivity contribution in [3.63, 3.8) is 0 Å². The fraction of sp³-hybridized carbons (Fsp3) is 0.500. The second-order valence-electron chi connectivity index (χ2n) is 5.78. The van der Waals surface area contributed by atoms with Crippen molar-refractivity contribution in [3.8, 4) is 5.75 Å². The van der Waals surface area contributed by atoms with E-state index in [9.17, 15) is 26.4 Å². The maximum absolute atomic E-state index is 12.9. The Morgan fingerprint density at radius 1 is 1.25 bits per heavy atom. The summed E-state index contributed by atoms with van der Waals surface area (Å²) in [5.74, 6) is -1.36. The molecular weight excluding hydrogens is 351 g/mol. The van der Waals surface area contributed by atoms with Gasteiger partial charge in [0.2, 0.25) is 10.0 Å². The first-order valence-corrected chi connectivity index (χ1v) is 8.27. The summed E-state index contributed by atoms with van der Waals surface area (Å²) in [4.78, 5) is 9.99. The van der Waals surface area contributed by atoms with E-state index < -0.39 is 38.2 Å². The van der Waals surface area contributed by atoms with Crippen molar-refractivity contribution in [2.45, 2.75) is 43.3 Å². The predicted molar refractivity (Wildman–Crippen MR) is 79.3 cm³/mol. The molecule has 1 aromatic rings. The Labute approximate surface area is 137 Å². The van der Waals surface area contributed by atoms with E-state index in [0.29, 0.717) is 12.1 Å². The second kappa shape index (κ2) is 6.98. The Balaban J connectivity index is 3.20. The molecule has 0 saturated heterocycles. The minimum Gasteiger partial charge on any atom is -0.497 e. The first-order valence-electron chi connectivity index (χ1n) is 6.79. The fourth-order valence-corrected chi connectivity index (χ4v) is 3.40. The maximum atomic E-state index is 12.9. The van der Waals surface area contributed by atoms with Crippen molar-refractivity contribution < 1.29 is 36.2 Å². The summed E-state index contributed by atoms with van der Waals surface area (Å²) in [6.07, 6.45) is -5.06. The number of carboxylic acids is 1. The number of methoxy groups -OCH3 is 1. The summed E-state index contributed by atoms with van der Waals surface area (Å²) >= 11 is 0. The molecular formula is C14H18F3NO5S. The minimum absolute atomic E-state index is 0.0301. The largest absolute Gasteiger partial charge is 0.497 e. The number of benzene rings is 1. The lowest BCUT2D eigenvalue weighted by Gasteiger charge is -2.25. The Morgan fingerprint density at radius 3 is 2.29 bits per heavy atom. The van der Waals surface area contributed by atoms with E-state index in [1.165, 1.54) is 13.8 Å². The topological polar surface area (TPSA) is 92.7 Å². The number of hydrogen-bond acceptors (Lipinski definition) is 4. The van der Waals surface area contributed by atoms with Gasteiger partial charge >= 0.3 is 12.1 Å². The quantitative estimate of drug-likeness (QED) is 0.771. The Hall–Kier alpha value is -1.81. The minimum atomic E-state index is -4.74. The lowest BCUT2D eigenvalue weighted by atomic mass is 10.0. The van der Waals surface area contributed by atoms with Crippen LogP contribution in [0.1, 0.15) is 32.3 Å². The van der Waals surface area contributed by atoms with E-state index in [1.54, 1.807) is 0 Å². The average Bonchev–Trinajstić information content (AvgIpc) is 2.42. The number of halogens is 3. The van der Waals surface area contributed by atoms with Crippen LogP contribution in [-0.2, 0) is 21.0 Å². The Morgan fingerprint density at radius 2 is 1.83 bits per heavy atom. The molecule has 0 fully saturated rings. The molecule has 0 atom stereocenters. The van der Waals surface area contributed by atoms with Gasteiger partial charge in [0.15, 0.2) is 0 Å². The third-order valence-corrected chi connectivity index (χ3v) is 4.81. The fourth-order valence-electron chi connectivity index (χ4n) is 1.90. The summed E-state index contributed by atoms with van der Waals surface area (Å²) in [6, 6.07) is 2.15. The number of sulfonamides is 1. The number of carbonyl (C=O) groups is 1. The number of nitrogens with one attached hydrogen (secondary N) is 1. The van der Waals surface area contributed by atoms with Gasteiger partial charge in [-0.05, 0) is 32.4 Å². The highest BCUT2D eigenvalue weighted by molar-refractivity contribution is 7.89. The molecule has 1 aromatic carbocycles. The van der Waals surface area contributed by atoms with Gasteiger partial charge in [-0.25, -0.2) is 13.1 Å². The lowest BCUT2D eigenvalue weighted by molar-refractivity contribution is -0.138. The van der Waals surface area contributed by atoms with Gasteiger partial charge in [0, 0.05) is 18.0 Å². The average molecular weight is 369 g/mol. The second-order valence-corrected chi connectivity index (χ2v) is 7.46. The molecule has 0 saturated carbocycles. The van der Waals surface area contributed by atoms with Crippen LogP contribution < -0.4 is 9.46 Å². The zero-order valence-electron chi connectivity index (χ0n) is 13.3. The van der Waals surface area contributed by atoms with Crippen molar-refractivity contribution in [2.75, 3.05) is 7.11 Å². The zero-order chi connectivity index (χ0) is 18.8. The molecule has 2 N–H and O–H groups in total. The highest BCUT2D eigenvalue weighted by Gasteiger charge is 2.34. The summed E-state index contributed by atoms with van der Waals surface area (Å²) in [5.41, 5.74) is -2.32. The lowest BCUT2D eigenvalue weighted by Crippen LogP contribution is -2.43. The SMILES string of the molecule is COc1cc(C(F)(F)F)cc(S(=O)(=O)NC(C)(C)CCC(=O)O)c1. The first-order chi connectivity index (χ1) is 10.8. The molecule has 0 spiro atoms. The molecule has 0 aliphatic rings. The van der Waals surface area contributed by atoms with E-state index in [4.69, 9.17) is 9.84 Å². The molecule has 0 amide bonds. The highest BCUT2D eigenvalue weighted by Crippen LogP contribution is 2.34. The monoisotopic (exact) mass is 369 g/mol. The van der Waals surface area contributed by atoms with Crippen LogP contribution in [-0.4, -0.2) is 32.1 Å². The normalized spacial score (nSPS) is 12.9. The molecule has 10 heteroatoms. The first kappa shape index (κ1) is 20.2. The molecule has 24 heavy (non-hydrogen) atoms. The Kier molecular flexibility index (Phi) is 5.88. The molecule has 0 aromatic heterocycles. The highest BCUT2D eigenvalue weighted by atomic mass is 32.2. The van der Waals surface area contributed by atoms with Crippen LogP contribution in [0.25, 0.3) is 0 Å². The molecule has 0 aliphatic heterocycles. The van der Waals surface area contributed by atoms with Crippen LogP contribution in [0.4, 0.5) is 13.2 Å². The van der Waals surface area contributed by atoms with E-state index in [0.717, 1.165) is 13.2 Å². The van der Waals surface area contributed by atoms with Crippen molar-refractivity contribution in [3.05, 3.63) is 23.8 Å². The summed E-state index contributed by atoms with van der Waals surface area (Å²) < 4.78 is 70.3. The van der Waals surface area contributed by atoms with Crippen LogP contribution in [0.3, 0.4) is 0 Å². The molecule has 0 unspecified atom stereocenters. The predicted octanol–water partition coefficient (Wildman–Crippen LogP) is 2.64. The number of alkyl halides is 3. The van der Waals surface area contributed by atoms with Gasteiger partial charge in [-0.2, -0.15) is 13.2 Å². The van der Waals surface area contributed by atoms with Gasteiger partial charge in [0.05, 0.1) is 17.6 Å². The maximum Gasteiger partial charge on any atom is 0.416 e. The van der Waals surface area contributed by atoms with Gasteiger partial charge in [0.25, 0.3) is 0 Å². The van der Waals surface area contributed by atoms with Crippen LogP contribution in [0.2, 0.25) is 0 Å². The number of aliphatic carboxylic acids is 1. The van der Waals surface area contributed by atoms with Crippen LogP contribution >= 0.6 is 0 Å². The number of hydrogen-bond donors (Lipinski definition) is 2. The van der Waals surface area contributed by atoms with Crippen LogP contribution in [0.15, 0.2) is 23.1 Å². The van der Waals surface area contributed by atoms with Gasteiger partial charge in [-0.3, -0.25) is 4.79 Å². The zero-order valence-corrected chi connectivity index (χ0v) is 14.1. The van der Waals surface area contributed by atoms with Gasteiger partial charge < -0.3 is 9.84 Å². The number of rotatable bonds is 7. The van der Waals surface area contributed by atoms with Crippen molar-refractivity contribution in [1.29, 1.82) is 0 Å². The van der Waals surface area contributed by atoms with Crippen molar-refractivity contribution >= 4 is 16.0 Å².